The van der Waals surface area contributed by atoms with E-state index in [1.807, 2.05) is 19.1 Å². The van der Waals surface area contributed by atoms with Crippen LogP contribution in [0.5, 0.6) is 0 Å². The van der Waals surface area contributed by atoms with Crippen molar-refractivity contribution in [1.82, 2.24) is 10.3 Å². The minimum absolute atomic E-state index is 0.0360. The third-order valence-corrected chi connectivity index (χ3v) is 6.25. The van der Waals surface area contributed by atoms with Gasteiger partial charge in [-0.15, -0.1) is 0 Å². The molecule has 0 aliphatic carbocycles. The van der Waals surface area contributed by atoms with Gasteiger partial charge in [0.25, 0.3) is 5.91 Å². The van der Waals surface area contributed by atoms with E-state index >= 15 is 0 Å². The van der Waals surface area contributed by atoms with Crippen LogP contribution in [0.15, 0.2) is 71.9 Å². The molecule has 2 aromatic carbocycles. The lowest BCUT2D eigenvalue weighted by atomic mass is 9.88. The Kier molecular flexibility index (Phi) is 6.36. The summed E-state index contributed by atoms with van der Waals surface area (Å²) < 4.78 is 37.7. The molecule has 10 heteroatoms. The number of benzene rings is 2. The van der Waals surface area contributed by atoms with E-state index in [2.05, 4.69) is 10.3 Å². The smallest absolute Gasteiger partial charge is 0.325 e. The first kappa shape index (κ1) is 23.1. The number of urea groups is 1. The fourth-order valence-corrected chi connectivity index (χ4v) is 4.49. The summed E-state index contributed by atoms with van der Waals surface area (Å²) in [7, 11) is 0. The molecule has 2 heterocycles. The Morgan fingerprint density at radius 2 is 1.85 bits per heavy atom. The maximum absolute atomic E-state index is 13.2. The standard InChI is InChI=1S/C23H17ClF3N3O2S/c1-13(18-9-10-28-12-19(18)14-3-2-4-15(24)11-14)20-21(31)30(22(32)29-20)16-5-7-17(8-6-16)33-23(25,26)27/h2-13,20H,1H3,(H,29,32). The number of carbonyl (C=O) groups excluding carboxylic acids is 2. The molecule has 1 fully saturated rings. The molecule has 1 aliphatic rings. The quantitative estimate of drug-likeness (QED) is 0.339. The number of hydrogen-bond donors (Lipinski definition) is 1. The largest absolute Gasteiger partial charge is 0.446 e. The number of halogens is 4. The Labute approximate surface area is 197 Å². The Hall–Kier alpha value is -3.04. The van der Waals surface area contributed by atoms with Gasteiger partial charge in [-0.25, -0.2) is 9.69 Å². The van der Waals surface area contributed by atoms with Gasteiger partial charge in [0.15, 0.2) is 0 Å². The fraction of sp³-hybridized carbons (Fsp3) is 0.174. The molecule has 2 atom stereocenters. The molecule has 2 unspecified atom stereocenters. The highest BCUT2D eigenvalue weighted by Crippen LogP contribution is 2.38. The molecule has 0 saturated carbocycles. The number of nitrogens with one attached hydrogen (secondary N) is 1. The molecular formula is C23H17ClF3N3O2S. The number of carbonyl (C=O) groups is 2. The third kappa shape index (κ3) is 4.99. The summed E-state index contributed by atoms with van der Waals surface area (Å²) in [5.41, 5.74) is -1.83. The van der Waals surface area contributed by atoms with E-state index in [9.17, 15) is 22.8 Å². The van der Waals surface area contributed by atoms with Crippen LogP contribution in [0.2, 0.25) is 5.02 Å². The molecular weight excluding hydrogens is 475 g/mol. The van der Waals surface area contributed by atoms with Gasteiger partial charge in [0.2, 0.25) is 0 Å². The monoisotopic (exact) mass is 491 g/mol. The molecule has 3 aromatic rings. The van der Waals surface area contributed by atoms with Gasteiger partial charge in [0.1, 0.15) is 6.04 Å². The zero-order valence-electron chi connectivity index (χ0n) is 17.1. The van der Waals surface area contributed by atoms with Crippen molar-refractivity contribution >= 4 is 41.0 Å². The van der Waals surface area contributed by atoms with Crippen LogP contribution in [0.1, 0.15) is 18.4 Å². The molecule has 1 N–H and O–H groups in total. The first-order valence-corrected chi connectivity index (χ1v) is 11.0. The summed E-state index contributed by atoms with van der Waals surface area (Å²) in [5, 5.41) is 3.25. The van der Waals surface area contributed by atoms with Crippen molar-refractivity contribution in [2.45, 2.75) is 29.3 Å². The number of thioether (sulfide) groups is 1. The van der Waals surface area contributed by atoms with E-state index in [0.29, 0.717) is 5.02 Å². The number of nitrogens with zero attached hydrogens (tertiary/aromatic N) is 2. The average molecular weight is 492 g/mol. The van der Waals surface area contributed by atoms with Gasteiger partial charge in [-0.3, -0.25) is 9.78 Å². The van der Waals surface area contributed by atoms with Crippen molar-refractivity contribution in [2.75, 3.05) is 4.90 Å². The van der Waals surface area contributed by atoms with Crippen LogP contribution in [-0.2, 0) is 4.79 Å². The normalized spacial score (nSPS) is 17.2. The van der Waals surface area contributed by atoms with Crippen LogP contribution in [-0.4, -0.2) is 28.5 Å². The van der Waals surface area contributed by atoms with Crippen LogP contribution in [0.3, 0.4) is 0 Å². The van der Waals surface area contributed by atoms with Crippen molar-refractivity contribution in [3.63, 3.8) is 0 Å². The van der Waals surface area contributed by atoms with E-state index in [0.717, 1.165) is 21.6 Å². The third-order valence-electron chi connectivity index (χ3n) is 5.28. The number of amides is 3. The summed E-state index contributed by atoms with van der Waals surface area (Å²) in [5.74, 6) is -0.902. The minimum Gasteiger partial charge on any atom is -0.325 e. The lowest BCUT2D eigenvalue weighted by molar-refractivity contribution is -0.118. The summed E-state index contributed by atoms with van der Waals surface area (Å²) in [6.45, 7) is 1.82. The molecule has 1 aliphatic heterocycles. The second-order valence-electron chi connectivity index (χ2n) is 7.40. The van der Waals surface area contributed by atoms with Crippen LogP contribution >= 0.6 is 23.4 Å². The summed E-state index contributed by atoms with van der Waals surface area (Å²) >= 11 is 5.86. The highest BCUT2D eigenvalue weighted by atomic mass is 35.5. The maximum Gasteiger partial charge on any atom is 0.446 e. The van der Waals surface area contributed by atoms with E-state index in [4.69, 9.17) is 11.6 Å². The van der Waals surface area contributed by atoms with Gasteiger partial charge in [-0.2, -0.15) is 13.2 Å². The molecule has 1 saturated heterocycles. The second kappa shape index (κ2) is 9.07. The molecule has 0 spiro atoms. The van der Waals surface area contributed by atoms with Gasteiger partial charge in [-0.05, 0) is 65.4 Å². The Balaban J connectivity index is 1.60. The Bertz CT molecular complexity index is 1200. The number of aromatic nitrogens is 1. The molecule has 3 amide bonds. The van der Waals surface area contributed by atoms with Crippen molar-refractivity contribution in [1.29, 1.82) is 0 Å². The lowest BCUT2D eigenvalue weighted by Crippen LogP contribution is -2.35. The van der Waals surface area contributed by atoms with Gasteiger partial charge >= 0.3 is 11.5 Å². The minimum atomic E-state index is -4.42. The number of imide groups is 1. The topological polar surface area (TPSA) is 62.3 Å². The van der Waals surface area contributed by atoms with Crippen LogP contribution in [0.25, 0.3) is 11.1 Å². The number of pyridine rings is 1. The predicted molar refractivity (Wildman–Crippen MR) is 121 cm³/mol. The summed E-state index contributed by atoms with van der Waals surface area (Å²) in [6.07, 6.45) is 3.28. The highest BCUT2D eigenvalue weighted by molar-refractivity contribution is 8.00. The molecule has 4 rings (SSSR count). The van der Waals surface area contributed by atoms with Crippen LogP contribution in [0, 0.1) is 0 Å². The summed E-state index contributed by atoms with van der Waals surface area (Å²) in [6, 6.07) is 12.6. The molecule has 5 nitrogen and oxygen atoms in total. The molecule has 1 aromatic heterocycles. The first-order chi connectivity index (χ1) is 15.6. The SMILES string of the molecule is CC(c1ccncc1-c1cccc(Cl)c1)C1NC(=O)N(c2ccc(SC(F)(F)F)cc2)C1=O. The lowest BCUT2D eigenvalue weighted by Gasteiger charge is -2.21. The van der Waals surface area contributed by atoms with Crippen molar-refractivity contribution in [3.8, 4) is 11.1 Å². The first-order valence-electron chi connectivity index (χ1n) is 9.84. The molecule has 170 valence electrons. The van der Waals surface area contributed by atoms with Gasteiger partial charge in [0.05, 0.1) is 5.69 Å². The van der Waals surface area contributed by atoms with Crippen LogP contribution in [0.4, 0.5) is 23.7 Å². The van der Waals surface area contributed by atoms with Gasteiger partial charge in [0, 0.05) is 33.8 Å². The van der Waals surface area contributed by atoms with E-state index in [1.165, 1.54) is 24.3 Å². The fourth-order valence-electron chi connectivity index (χ4n) is 3.76. The number of hydrogen-bond acceptors (Lipinski definition) is 4. The molecule has 33 heavy (non-hydrogen) atoms. The van der Waals surface area contributed by atoms with Gasteiger partial charge in [-0.1, -0.05) is 30.7 Å². The van der Waals surface area contributed by atoms with Crippen LogP contribution < -0.4 is 10.2 Å². The maximum atomic E-state index is 13.2. The second-order valence-corrected chi connectivity index (χ2v) is 8.98. The zero-order valence-corrected chi connectivity index (χ0v) is 18.7. The van der Waals surface area contributed by atoms with Crippen molar-refractivity contribution in [3.05, 3.63) is 77.6 Å². The van der Waals surface area contributed by atoms with Crippen molar-refractivity contribution in [2.24, 2.45) is 0 Å². The zero-order chi connectivity index (χ0) is 23.8. The highest BCUT2D eigenvalue weighted by Gasteiger charge is 2.43. The summed E-state index contributed by atoms with van der Waals surface area (Å²) in [4.78, 5) is 30.9. The van der Waals surface area contributed by atoms with E-state index in [1.54, 1.807) is 30.6 Å². The predicted octanol–water partition coefficient (Wildman–Crippen LogP) is 6.24. The Morgan fingerprint density at radius 1 is 1.12 bits per heavy atom. The average Bonchev–Trinajstić information content (AvgIpc) is 3.07. The number of rotatable bonds is 5. The van der Waals surface area contributed by atoms with Gasteiger partial charge < -0.3 is 5.32 Å². The molecule has 0 bridgehead atoms. The van der Waals surface area contributed by atoms with E-state index < -0.39 is 29.4 Å². The number of alkyl halides is 3. The van der Waals surface area contributed by atoms with E-state index in [-0.39, 0.29) is 22.3 Å². The Morgan fingerprint density at radius 3 is 2.52 bits per heavy atom. The van der Waals surface area contributed by atoms with Crippen molar-refractivity contribution < 1.29 is 22.8 Å². The number of anilines is 1. The molecule has 0 radical (unpaired) electrons.